The summed E-state index contributed by atoms with van der Waals surface area (Å²) in [7, 11) is 0. The Morgan fingerprint density at radius 1 is 1.12 bits per heavy atom. The van der Waals surface area contributed by atoms with Gasteiger partial charge in [0, 0.05) is 0 Å². The quantitative estimate of drug-likeness (QED) is 0.604. The third-order valence-electron chi connectivity index (χ3n) is 0.849. The van der Waals surface area contributed by atoms with Crippen LogP contribution in [0.1, 0.15) is 0 Å². The average molecular weight is 186 g/mol. The third kappa shape index (κ3) is 1.37. The molecule has 1 nitrogen and oxygen atoms in total. The molecule has 0 saturated carbocycles. The summed E-state index contributed by atoms with van der Waals surface area (Å²) in [5, 5.41) is 0. The molecule has 0 heterocycles. The Balaban J connectivity index is 2.83. The SMILES string of the molecule is [Nb][O]c1ccccc1. The van der Waals surface area contributed by atoms with E-state index in [1.807, 2.05) is 30.3 Å². The molecule has 0 saturated heterocycles. The van der Waals surface area contributed by atoms with E-state index < -0.39 is 0 Å². The zero-order chi connectivity index (χ0) is 5.82. The molecule has 0 bridgehead atoms. The normalized spacial score (nSPS) is 8.50. The van der Waals surface area contributed by atoms with Crippen LogP contribution in [-0.4, -0.2) is 0 Å². The van der Waals surface area contributed by atoms with E-state index in [2.05, 4.69) is 0 Å². The second kappa shape index (κ2) is 2.92. The van der Waals surface area contributed by atoms with Crippen molar-refractivity contribution >= 4 is 0 Å². The van der Waals surface area contributed by atoms with Crippen molar-refractivity contribution in [2.45, 2.75) is 0 Å². The molecule has 0 atom stereocenters. The van der Waals surface area contributed by atoms with Gasteiger partial charge in [-0.2, -0.15) is 0 Å². The molecule has 0 unspecified atom stereocenters. The number of para-hydroxylation sites is 1. The number of rotatable bonds is 1. The van der Waals surface area contributed by atoms with E-state index in [-0.39, 0.29) is 0 Å². The van der Waals surface area contributed by atoms with E-state index in [9.17, 15) is 0 Å². The molecule has 0 aromatic heterocycles. The Bertz CT molecular complexity index is 150. The van der Waals surface area contributed by atoms with Gasteiger partial charge in [-0.25, -0.2) is 0 Å². The van der Waals surface area contributed by atoms with Crippen LogP contribution in [0.2, 0.25) is 0 Å². The second-order valence-corrected chi connectivity index (χ2v) is 1.85. The summed E-state index contributed by atoms with van der Waals surface area (Å²) in [4.78, 5) is 0. The van der Waals surface area contributed by atoms with Gasteiger partial charge in [-0.3, -0.25) is 0 Å². The summed E-state index contributed by atoms with van der Waals surface area (Å²) in [6, 6.07) is 9.73. The van der Waals surface area contributed by atoms with Crippen molar-refractivity contribution in [2.24, 2.45) is 0 Å². The molecule has 0 radical (unpaired) electrons. The minimum atomic E-state index is 0.932. The van der Waals surface area contributed by atoms with Gasteiger partial charge >= 0.3 is 60.8 Å². The van der Waals surface area contributed by atoms with Crippen molar-refractivity contribution in [1.29, 1.82) is 0 Å². The van der Waals surface area contributed by atoms with E-state index in [0.29, 0.717) is 0 Å². The summed E-state index contributed by atoms with van der Waals surface area (Å²) in [6.07, 6.45) is 0. The fraction of sp³-hybridized carbons (Fsp3) is 0. The molecule has 1 aromatic rings. The van der Waals surface area contributed by atoms with Gasteiger partial charge in [-0.15, -0.1) is 0 Å². The summed E-state index contributed by atoms with van der Waals surface area (Å²) in [6.45, 7) is 0. The van der Waals surface area contributed by atoms with Crippen molar-refractivity contribution in [2.75, 3.05) is 0 Å². The standard InChI is InChI=1S/C6H6O.Nb/c7-6-4-2-1-3-5-6;/h1-5,7H;/q;+1/p-1. The monoisotopic (exact) mass is 186 g/mol. The Kier molecular flexibility index (Phi) is 2.15. The second-order valence-electron chi connectivity index (χ2n) is 1.40. The first-order chi connectivity index (χ1) is 3.93. The van der Waals surface area contributed by atoms with E-state index >= 15 is 0 Å². The Morgan fingerprint density at radius 2 is 1.75 bits per heavy atom. The molecular formula is C6H5NbO. The first-order valence-electron chi connectivity index (χ1n) is 2.30. The predicted octanol–water partition coefficient (Wildman–Crippen LogP) is 1.53. The molecule has 8 heavy (non-hydrogen) atoms. The van der Waals surface area contributed by atoms with Gasteiger partial charge in [0.05, 0.1) is 0 Å². The minimum absolute atomic E-state index is 0.932. The maximum absolute atomic E-state index is 4.96. The van der Waals surface area contributed by atoms with Gasteiger partial charge in [-0.1, -0.05) is 0 Å². The Hall–Kier alpha value is -0.240. The Labute approximate surface area is 61.1 Å². The van der Waals surface area contributed by atoms with Crippen molar-refractivity contribution in [3.05, 3.63) is 30.3 Å². The summed E-state index contributed by atoms with van der Waals surface area (Å²) >= 11 is 1.34. The molecule has 0 aliphatic heterocycles. The van der Waals surface area contributed by atoms with Crippen LogP contribution in [0.3, 0.4) is 0 Å². The molecule has 2 heteroatoms. The molecule has 1 rings (SSSR count). The molecule has 0 fully saturated rings. The number of benzene rings is 1. The van der Waals surface area contributed by atoms with Crippen molar-refractivity contribution in [1.82, 2.24) is 0 Å². The van der Waals surface area contributed by atoms with Gasteiger partial charge in [0.1, 0.15) is 0 Å². The zero-order valence-electron chi connectivity index (χ0n) is 4.24. The van der Waals surface area contributed by atoms with Crippen molar-refractivity contribution in [3.8, 4) is 5.75 Å². The number of hydrogen-bond donors (Lipinski definition) is 0. The van der Waals surface area contributed by atoms with Gasteiger partial charge in [0.15, 0.2) is 0 Å². The Morgan fingerprint density at radius 3 is 2.12 bits per heavy atom. The predicted molar refractivity (Wildman–Crippen MR) is 27.1 cm³/mol. The topological polar surface area (TPSA) is 9.23 Å². The van der Waals surface area contributed by atoms with Gasteiger partial charge in [0.25, 0.3) is 0 Å². The number of hydrogen-bond acceptors (Lipinski definition) is 1. The first-order valence-corrected chi connectivity index (χ1v) is 3.19. The van der Waals surface area contributed by atoms with Crippen LogP contribution in [0.15, 0.2) is 30.3 Å². The summed E-state index contributed by atoms with van der Waals surface area (Å²) in [5.41, 5.74) is 0. The van der Waals surface area contributed by atoms with Crippen molar-refractivity contribution < 1.29 is 24.7 Å². The van der Waals surface area contributed by atoms with E-state index in [4.69, 9.17) is 3.24 Å². The van der Waals surface area contributed by atoms with Crippen LogP contribution in [0.4, 0.5) is 0 Å². The zero-order valence-corrected chi connectivity index (χ0v) is 6.44. The molecule has 40 valence electrons. The van der Waals surface area contributed by atoms with Gasteiger partial charge in [-0.05, 0) is 0 Å². The van der Waals surface area contributed by atoms with Crippen LogP contribution < -0.4 is 3.24 Å². The summed E-state index contributed by atoms with van der Waals surface area (Å²) < 4.78 is 4.96. The third-order valence-corrected chi connectivity index (χ3v) is 1.37. The fourth-order valence-corrected chi connectivity index (χ4v) is 0.781. The van der Waals surface area contributed by atoms with Crippen molar-refractivity contribution in [3.63, 3.8) is 0 Å². The van der Waals surface area contributed by atoms with Crippen LogP contribution in [0.25, 0.3) is 0 Å². The molecule has 0 amide bonds. The average Bonchev–Trinajstić information content (AvgIpc) is 1.90. The molecular weight excluding hydrogens is 181 g/mol. The first kappa shape index (κ1) is 5.89. The molecule has 0 aliphatic carbocycles. The van der Waals surface area contributed by atoms with E-state index in [1.165, 1.54) is 21.5 Å². The van der Waals surface area contributed by atoms with Crippen LogP contribution in [0, 0.1) is 0 Å². The van der Waals surface area contributed by atoms with E-state index in [0.717, 1.165) is 5.75 Å². The van der Waals surface area contributed by atoms with Gasteiger partial charge in [0.2, 0.25) is 0 Å². The van der Waals surface area contributed by atoms with E-state index in [1.54, 1.807) is 0 Å². The molecule has 0 aliphatic rings. The molecule has 1 aromatic carbocycles. The molecule has 0 N–H and O–H groups in total. The van der Waals surface area contributed by atoms with Crippen LogP contribution in [-0.2, 0) is 21.5 Å². The van der Waals surface area contributed by atoms with Crippen LogP contribution in [0.5, 0.6) is 5.75 Å². The van der Waals surface area contributed by atoms with Gasteiger partial charge < -0.3 is 0 Å². The molecule has 0 spiro atoms. The van der Waals surface area contributed by atoms with Crippen LogP contribution >= 0.6 is 0 Å². The maximum atomic E-state index is 4.96. The summed E-state index contributed by atoms with van der Waals surface area (Å²) in [5.74, 6) is 0.932. The fourth-order valence-electron chi connectivity index (χ4n) is 0.481.